The molecule has 0 amide bonds. The predicted octanol–water partition coefficient (Wildman–Crippen LogP) is 3.22. The first-order chi connectivity index (χ1) is 5.65. The molecule has 0 radical (unpaired) electrons. The third-order valence-electron chi connectivity index (χ3n) is 1.25. The third kappa shape index (κ3) is 1.94. The summed E-state index contributed by atoms with van der Waals surface area (Å²) in [7, 11) is 0. The lowest BCUT2D eigenvalue weighted by Crippen LogP contribution is -1.90. The fourth-order valence-corrected chi connectivity index (χ4v) is 1.49. The maximum atomic E-state index is 12.8. The SMILES string of the molecule is CCSc1c(F)cc(F)cc1F. The molecule has 0 spiro atoms. The van der Waals surface area contributed by atoms with Crippen LogP contribution in [0.4, 0.5) is 13.2 Å². The summed E-state index contributed by atoms with van der Waals surface area (Å²) in [4.78, 5) is -0.112. The first-order valence-corrected chi connectivity index (χ1v) is 4.41. The first kappa shape index (κ1) is 9.45. The molecule has 1 aromatic rings. The van der Waals surface area contributed by atoms with Gasteiger partial charge in [0.05, 0.1) is 4.90 Å². The number of thioether (sulfide) groups is 1. The number of hydrogen-bond acceptors (Lipinski definition) is 1. The van der Waals surface area contributed by atoms with E-state index in [4.69, 9.17) is 0 Å². The molecule has 12 heavy (non-hydrogen) atoms. The standard InChI is InChI=1S/C8H7F3S/c1-2-12-8-6(10)3-5(9)4-7(8)11/h3-4H,2H2,1H3. The van der Waals surface area contributed by atoms with Crippen LogP contribution in [-0.4, -0.2) is 5.75 Å². The lowest BCUT2D eigenvalue weighted by molar-refractivity contribution is 0.511. The Kier molecular flexibility index (Phi) is 3.03. The van der Waals surface area contributed by atoms with Gasteiger partial charge in [-0.15, -0.1) is 11.8 Å². The number of benzene rings is 1. The molecular weight excluding hydrogens is 185 g/mol. The largest absolute Gasteiger partial charge is 0.207 e. The van der Waals surface area contributed by atoms with Crippen molar-refractivity contribution in [3.05, 3.63) is 29.6 Å². The molecule has 1 aromatic carbocycles. The minimum Gasteiger partial charge on any atom is -0.207 e. The maximum absolute atomic E-state index is 12.8. The van der Waals surface area contributed by atoms with Gasteiger partial charge in [0.2, 0.25) is 0 Å². The zero-order valence-electron chi connectivity index (χ0n) is 6.40. The Balaban J connectivity index is 3.10. The van der Waals surface area contributed by atoms with Gasteiger partial charge in [0.1, 0.15) is 17.5 Å². The Morgan fingerprint density at radius 2 is 1.67 bits per heavy atom. The van der Waals surface area contributed by atoms with Gasteiger partial charge in [0, 0.05) is 12.1 Å². The van der Waals surface area contributed by atoms with E-state index >= 15 is 0 Å². The molecular formula is C8H7F3S. The quantitative estimate of drug-likeness (QED) is 0.648. The fraction of sp³-hybridized carbons (Fsp3) is 0.250. The Hall–Kier alpha value is -0.640. The average molecular weight is 192 g/mol. The highest BCUT2D eigenvalue weighted by atomic mass is 32.2. The molecule has 1 rings (SSSR count). The van der Waals surface area contributed by atoms with E-state index < -0.39 is 17.5 Å². The summed E-state index contributed by atoms with van der Waals surface area (Å²) in [5, 5.41) is 0. The van der Waals surface area contributed by atoms with Crippen LogP contribution in [0, 0.1) is 17.5 Å². The summed E-state index contributed by atoms with van der Waals surface area (Å²) >= 11 is 1.02. The molecule has 0 bridgehead atoms. The van der Waals surface area contributed by atoms with Crippen molar-refractivity contribution in [1.82, 2.24) is 0 Å². The van der Waals surface area contributed by atoms with Crippen LogP contribution in [0.1, 0.15) is 6.92 Å². The lowest BCUT2D eigenvalue weighted by Gasteiger charge is -2.01. The molecule has 0 aliphatic rings. The second-order valence-corrected chi connectivity index (χ2v) is 3.41. The van der Waals surface area contributed by atoms with Crippen LogP contribution in [0.5, 0.6) is 0 Å². The summed E-state index contributed by atoms with van der Waals surface area (Å²) in [6.45, 7) is 1.77. The van der Waals surface area contributed by atoms with Gasteiger partial charge >= 0.3 is 0 Å². The van der Waals surface area contributed by atoms with Gasteiger partial charge in [-0.2, -0.15) is 0 Å². The second-order valence-electron chi connectivity index (χ2n) is 2.13. The minimum absolute atomic E-state index is 0.112. The highest BCUT2D eigenvalue weighted by molar-refractivity contribution is 7.99. The van der Waals surface area contributed by atoms with Crippen molar-refractivity contribution >= 4 is 11.8 Å². The maximum Gasteiger partial charge on any atom is 0.142 e. The molecule has 0 saturated carbocycles. The second kappa shape index (κ2) is 3.85. The van der Waals surface area contributed by atoms with E-state index in [0.717, 1.165) is 11.8 Å². The van der Waals surface area contributed by atoms with E-state index in [9.17, 15) is 13.2 Å². The van der Waals surface area contributed by atoms with Gasteiger partial charge in [-0.05, 0) is 5.75 Å². The van der Waals surface area contributed by atoms with Gasteiger partial charge in [-0.3, -0.25) is 0 Å². The summed E-state index contributed by atoms with van der Waals surface area (Å²) in [6, 6.07) is 1.36. The molecule has 0 saturated heterocycles. The zero-order valence-corrected chi connectivity index (χ0v) is 7.22. The van der Waals surface area contributed by atoms with Crippen LogP contribution in [0.25, 0.3) is 0 Å². The Bertz CT molecular complexity index is 263. The Morgan fingerprint density at radius 1 is 1.17 bits per heavy atom. The van der Waals surface area contributed by atoms with Crippen molar-refractivity contribution in [3.8, 4) is 0 Å². The van der Waals surface area contributed by atoms with Crippen LogP contribution in [0.2, 0.25) is 0 Å². The van der Waals surface area contributed by atoms with Crippen molar-refractivity contribution in [2.75, 3.05) is 5.75 Å². The van der Waals surface area contributed by atoms with Gasteiger partial charge < -0.3 is 0 Å². The summed E-state index contributed by atoms with van der Waals surface area (Å²) < 4.78 is 38.0. The summed E-state index contributed by atoms with van der Waals surface area (Å²) in [5.41, 5.74) is 0. The van der Waals surface area contributed by atoms with E-state index in [2.05, 4.69) is 0 Å². The molecule has 4 heteroatoms. The molecule has 0 aliphatic heterocycles. The van der Waals surface area contributed by atoms with Gasteiger partial charge in [0.25, 0.3) is 0 Å². The topological polar surface area (TPSA) is 0 Å². The van der Waals surface area contributed by atoms with Crippen LogP contribution >= 0.6 is 11.8 Å². The average Bonchev–Trinajstić information content (AvgIpc) is 1.96. The van der Waals surface area contributed by atoms with E-state index in [0.29, 0.717) is 17.9 Å². The molecule has 66 valence electrons. The monoisotopic (exact) mass is 192 g/mol. The molecule has 0 aromatic heterocycles. The van der Waals surface area contributed by atoms with Crippen LogP contribution < -0.4 is 0 Å². The van der Waals surface area contributed by atoms with Gasteiger partial charge in [0.15, 0.2) is 0 Å². The van der Waals surface area contributed by atoms with E-state index in [1.807, 2.05) is 0 Å². The summed E-state index contributed by atoms with van der Waals surface area (Å²) in [5.74, 6) is -2.00. The third-order valence-corrected chi connectivity index (χ3v) is 2.22. The van der Waals surface area contributed by atoms with Crippen LogP contribution in [-0.2, 0) is 0 Å². The van der Waals surface area contributed by atoms with Crippen molar-refractivity contribution in [2.45, 2.75) is 11.8 Å². The van der Waals surface area contributed by atoms with E-state index in [1.54, 1.807) is 6.92 Å². The summed E-state index contributed by atoms with van der Waals surface area (Å²) in [6.07, 6.45) is 0. The van der Waals surface area contributed by atoms with E-state index in [1.165, 1.54) is 0 Å². The zero-order chi connectivity index (χ0) is 9.14. The van der Waals surface area contributed by atoms with Crippen LogP contribution in [0.3, 0.4) is 0 Å². The Labute approximate surface area is 72.8 Å². The minimum atomic E-state index is -0.884. The van der Waals surface area contributed by atoms with Crippen molar-refractivity contribution < 1.29 is 13.2 Å². The lowest BCUT2D eigenvalue weighted by atomic mass is 10.3. The number of rotatable bonds is 2. The fourth-order valence-electron chi connectivity index (χ4n) is 0.811. The number of hydrogen-bond donors (Lipinski definition) is 0. The predicted molar refractivity (Wildman–Crippen MR) is 42.7 cm³/mol. The molecule has 0 N–H and O–H groups in total. The van der Waals surface area contributed by atoms with Crippen molar-refractivity contribution in [1.29, 1.82) is 0 Å². The number of halogens is 3. The smallest absolute Gasteiger partial charge is 0.142 e. The van der Waals surface area contributed by atoms with E-state index in [-0.39, 0.29) is 4.90 Å². The van der Waals surface area contributed by atoms with Gasteiger partial charge in [-0.1, -0.05) is 6.92 Å². The highest BCUT2D eigenvalue weighted by Gasteiger charge is 2.10. The first-order valence-electron chi connectivity index (χ1n) is 3.42. The van der Waals surface area contributed by atoms with Crippen molar-refractivity contribution in [3.63, 3.8) is 0 Å². The molecule has 0 unspecified atom stereocenters. The normalized spacial score (nSPS) is 10.3. The molecule has 0 aliphatic carbocycles. The van der Waals surface area contributed by atoms with Crippen LogP contribution in [0.15, 0.2) is 17.0 Å². The molecule has 0 nitrogen and oxygen atoms in total. The molecule has 0 fully saturated rings. The van der Waals surface area contributed by atoms with Crippen molar-refractivity contribution in [2.24, 2.45) is 0 Å². The Morgan fingerprint density at radius 3 is 2.08 bits per heavy atom. The van der Waals surface area contributed by atoms with Gasteiger partial charge in [-0.25, -0.2) is 13.2 Å². The molecule has 0 atom stereocenters. The molecule has 0 heterocycles. The highest BCUT2D eigenvalue weighted by Crippen LogP contribution is 2.25.